The molecule has 0 spiro atoms. The van der Waals surface area contributed by atoms with E-state index in [0.29, 0.717) is 16.4 Å². The fraction of sp³-hybridized carbons (Fsp3) is 0.200. The molecule has 0 fully saturated rings. The zero-order chi connectivity index (χ0) is 21.3. The van der Waals surface area contributed by atoms with Gasteiger partial charge in [-0.2, -0.15) is 5.10 Å². The Kier molecular flexibility index (Phi) is 5.31. The van der Waals surface area contributed by atoms with Crippen LogP contribution in [-0.4, -0.2) is 34.9 Å². The average molecular weight is 431 g/mol. The van der Waals surface area contributed by atoms with E-state index < -0.39 is 23.2 Å². The molecule has 0 saturated carbocycles. The summed E-state index contributed by atoms with van der Waals surface area (Å²) < 4.78 is 31.4. The summed E-state index contributed by atoms with van der Waals surface area (Å²) in [4.78, 5) is 3.85. The molecule has 0 saturated heterocycles. The first kappa shape index (κ1) is 20.1. The molecule has 2 aromatic heterocycles. The van der Waals surface area contributed by atoms with E-state index in [2.05, 4.69) is 20.4 Å². The monoisotopic (exact) mass is 430 g/mol. The normalized spacial score (nSPS) is 14.4. The van der Waals surface area contributed by atoms with Crippen molar-refractivity contribution in [2.45, 2.75) is 25.0 Å². The topological polar surface area (TPSA) is 81.6 Å². The Hall–Kier alpha value is -3.17. The van der Waals surface area contributed by atoms with Crippen molar-refractivity contribution in [2.24, 2.45) is 0 Å². The second-order valence-corrected chi connectivity index (χ2v) is 7.36. The first-order valence-electron chi connectivity index (χ1n) is 9.05. The number of hydrogen-bond donors (Lipinski definition) is 1. The minimum absolute atomic E-state index is 0.164. The van der Waals surface area contributed by atoms with Crippen molar-refractivity contribution in [1.82, 2.24) is 29.8 Å². The third-order valence-corrected chi connectivity index (χ3v) is 5.28. The van der Waals surface area contributed by atoms with Crippen molar-refractivity contribution in [3.8, 4) is 5.69 Å². The van der Waals surface area contributed by atoms with Gasteiger partial charge in [-0.05, 0) is 42.5 Å². The van der Waals surface area contributed by atoms with Crippen LogP contribution in [0.15, 0.2) is 61.3 Å². The molecule has 0 unspecified atom stereocenters. The number of aliphatic hydroxyl groups is 1. The number of halogens is 3. The van der Waals surface area contributed by atoms with Crippen molar-refractivity contribution in [2.75, 3.05) is 0 Å². The maximum Gasteiger partial charge on any atom is 0.137 e. The standard InChI is InChI=1S/C20H17ClF2N6O/c1-13(19-9-29(27-26-19)16-5-2-14(21)3-6-16)20(30,10-28-12-24-11-25-28)17-8-15(22)4-7-18(17)23/h2-9,11-13,30H,10H2,1H3/t13-,20+/m0/s1. The molecular formula is C20H17ClF2N6O. The van der Waals surface area contributed by atoms with E-state index in [1.54, 1.807) is 37.4 Å². The molecule has 4 aromatic rings. The van der Waals surface area contributed by atoms with E-state index in [1.807, 2.05) is 0 Å². The van der Waals surface area contributed by atoms with Crippen LogP contribution in [0, 0.1) is 11.6 Å². The van der Waals surface area contributed by atoms with Gasteiger partial charge in [0.25, 0.3) is 0 Å². The fourth-order valence-corrected chi connectivity index (χ4v) is 3.41. The van der Waals surface area contributed by atoms with E-state index in [-0.39, 0.29) is 12.1 Å². The predicted octanol–water partition coefficient (Wildman–Crippen LogP) is 3.48. The van der Waals surface area contributed by atoms with Gasteiger partial charge >= 0.3 is 0 Å². The number of nitrogens with zero attached hydrogens (tertiary/aromatic N) is 6. The van der Waals surface area contributed by atoms with Gasteiger partial charge in [-0.15, -0.1) is 5.10 Å². The third-order valence-electron chi connectivity index (χ3n) is 5.03. The van der Waals surface area contributed by atoms with E-state index >= 15 is 0 Å². The van der Waals surface area contributed by atoms with E-state index in [9.17, 15) is 13.9 Å². The molecule has 2 aromatic carbocycles. The van der Waals surface area contributed by atoms with Gasteiger partial charge in [0, 0.05) is 16.5 Å². The van der Waals surface area contributed by atoms with Crippen molar-refractivity contribution in [3.63, 3.8) is 0 Å². The van der Waals surface area contributed by atoms with Gasteiger partial charge in [-0.3, -0.25) is 0 Å². The lowest BCUT2D eigenvalue weighted by Crippen LogP contribution is -2.38. The molecule has 7 nitrogen and oxygen atoms in total. The molecule has 0 aliphatic heterocycles. The first-order chi connectivity index (χ1) is 14.4. The van der Waals surface area contributed by atoms with Gasteiger partial charge in [0.05, 0.1) is 24.1 Å². The van der Waals surface area contributed by atoms with Crippen LogP contribution in [0.1, 0.15) is 24.1 Å². The molecule has 0 amide bonds. The minimum Gasteiger partial charge on any atom is -0.382 e. The second-order valence-electron chi connectivity index (χ2n) is 6.93. The molecule has 2 heterocycles. The molecule has 154 valence electrons. The highest BCUT2D eigenvalue weighted by molar-refractivity contribution is 6.30. The quantitative estimate of drug-likeness (QED) is 0.506. The largest absolute Gasteiger partial charge is 0.382 e. The summed E-state index contributed by atoms with van der Waals surface area (Å²) in [7, 11) is 0. The van der Waals surface area contributed by atoms with Gasteiger partial charge < -0.3 is 5.11 Å². The molecule has 0 bridgehead atoms. The van der Waals surface area contributed by atoms with Crippen molar-refractivity contribution < 1.29 is 13.9 Å². The fourth-order valence-electron chi connectivity index (χ4n) is 3.29. The Morgan fingerprint density at radius 3 is 2.63 bits per heavy atom. The Balaban J connectivity index is 1.75. The molecule has 0 aliphatic rings. The molecular weight excluding hydrogens is 414 g/mol. The van der Waals surface area contributed by atoms with Crippen LogP contribution in [0.5, 0.6) is 0 Å². The van der Waals surface area contributed by atoms with E-state index in [1.165, 1.54) is 22.0 Å². The number of rotatable bonds is 6. The van der Waals surface area contributed by atoms with E-state index in [0.717, 1.165) is 18.2 Å². The van der Waals surface area contributed by atoms with Crippen molar-refractivity contribution in [3.05, 3.63) is 89.2 Å². The Labute approximate surface area is 175 Å². The Morgan fingerprint density at radius 2 is 1.93 bits per heavy atom. The number of aromatic nitrogens is 6. The summed E-state index contributed by atoms with van der Waals surface area (Å²) in [6.07, 6.45) is 4.31. The SMILES string of the molecule is C[C@@H](c1cn(-c2ccc(Cl)cc2)nn1)[C@](O)(Cn1cncn1)c1cc(F)ccc1F. The van der Waals surface area contributed by atoms with Gasteiger partial charge in [0.2, 0.25) is 0 Å². The van der Waals surface area contributed by atoms with Gasteiger partial charge in [0.1, 0.15) is 29.9 Å². The van der Waals surface area contributed by atoms with Gasteiger partial charge in [-0.25, -0.2) is 23.1 Å². The third kappa shape index (κ3) is 3.81. The summed E-state index contributed by atoms with van der Waals surface area (Å²) in [6, 6.07) is 9.91. The highest BCUT2D eigenvalue weighted by Gasteiger charge is 2.41. The summed E-state index contributed by atoms with van der Waals surface area (Å²) >= 11 is 5.92. The van der Waals surface area contributed by atoms with Crippen LogP contribution in [0.3, 0.4) is 0 Å². The molecule has 0 radical (unpaired) electrons. The van der Waals surface area contributed by atoms with Crippen LogP contribution in [-0.2, 0) is 12.1 Å². The minimum atomic E-state index is -1.87. The van der Waals surface area contributed by atoms with E-state index in [4.69, 9.17) is 11.6 Å². The average Bonchev–Trinajstić information content (AvgIpc) is 3.42. The van der Waals surface area contributed by atoms with Crippen molar-refractivity contribution >= 4 is 11.6 Å². The zero-order valence-corrected chi connectivity index (χ0v) is 16.6. The molecule has 30 heavy (non-hydrogen) atoms. The summed E-state index contributed by atoms with van der Waals surface area (Å²) in [5.74, 6) is -2.17. The molecule has 1 N–H and O–H groups in total. The van der Waals surface area contributed by atoms with Gasteiger partial charge in [0.15, 0.2) is 0 Å². The lowest BCUT2D eigenvalue weighted by Gasteiger charge is -2.33. The second kappa shape index (κ2) is 7.92. The summed E-state index contributed by atoms with van der Waals surface area (Å²) in [5, 5.41) is 24.4. The maximum atomic E-state index is 14.7. The zero-order valence-electron chi connectivity index (χ0n) is 15.8. The highest BCUT2D eigenvalue weighted by Crippen LogP contribution is 2.39. The summed E-state index contributed by atoms with van der Waals surface area (Å²) in [5.41, 5.74) is -0.981. The predicted molar refractivity (Wildman–Crippen MR) is 105 cm³/mol. The summed E-state index contributed by atoms with van der Waals surface area (Å²) in [6.45, 7) is 1.50. The maximum absolute atomic E-state index is 14.7. The number of benzene rings is 2. The van der Waals surface area contributed by atoms with Gasteiger partial charge in [-0.1, -0.05) is 23.7 Å². The van der Waals surface area contributed by atoms with Crippen LogP contribution < -0.4 is 0 Å². The molecule has 0 aliphatic carbocycles. The highest BCUT2D eigenvalue weighted by atomic mass is 35.5. The Bertz CT molecular complexity index is 1150. The lowest BCUT2D eigenvalue weighted by atomic mass is 9.80. The molecule has 4 rings (SSSR count). The number of hydrogen-bond acceptors (Lipinski definition) is 5. The van der Waals surface area contributed by atoms with Crippen molar-refractivity contribution in [1.29, 1.82) is 0 Å². The van der Waals surface area contributed by atoms with Crippen LogP contribution in [0.4, 0.5) is 8.78 Å². The molecule has 10 heteroatoms. The smallest absolute Gasteiger partial charge is 0.137 e. The van der Waals surface area contributed by atoms with Crippen LogP contribution in [0.25, 0.3) is 5.69 Å². The van der Waals surface area contributed by atoms with Crippen LogP contribution >= 0.6 is 11.6 Å². The molecule has 2 atom stereocenters. The Morgan fingerprint density at radius 1 is 1.17 bits per heavy atom. The lowest BCUT2D eigenvalue weighted by molar-refractivity contribution is -0.0125. The first-order valence-corrected chi connectivity index (χ1v) is 9.43. The van der Waals surface area contributed by atoms with Crippen LogP contribution in [0.2, 0.25) is 5.02 Å².